The normalized spacial score (nSPS) is 28.0. The second-order valence-electron chi connectivity index (χ2n) is 5.26. The number of amides is 1. The van der Waals surface area contributed by atoms with Crippen LogP contribution in [0.3, 0.4) is 0 Å². The molecule has 110 valence electrons. The summed E-state index contributed by atoms with van der Waals surface area (Å²) in [6.45, 7) is 3.58. The highest BCUT2D eigenvalue weighted by atomic mass is 32.2. The average molecular weight is 291 g/mol. The quantitative estimate of drug-likeness (QED) is 0.281. The Morgan fingerprint density at radius 3 is 2.63 bits per heavy atom. The van der Waals surface area contributed by atoms with Crippen molar-refractivity contribution in [2.75, 3.05) is 11.5 Å². The van der Waals surface area contributed by atoms with Gasteiger partial charge in [-0.2, -0.15) is 0 Å². The van der Waals surface area contributed by atoms with Crippen LogP contribution in [0.15, 0.2) is 5.16 Å². The van der Waals surface area contributed by atoms with E-state index in [2.05, 4.69) is 10.5 Å². The Labute approximate surface area is 113 Å². The van der Waals surface area contributed by atoms with Gasteiger partial charge in [0, 0.05) is 0 Å². The van der Waals surface area contributed by atoms with E-state index in [-0.39, 0.29) is 17.3 Å². The lowest BCUT2D eigenvalue weighted by molar-refractivity contribution is -0.124. The molecule has 2 atom stereocenters. The highest BCUT2D eigenvalue weighted by Gasteiger charge is 2.40. The summed E-state index contributed by atoms with van der Waals surface area (Å²) in [5.41, 5.74) is 4.73. The van der Waals surface area contributed by atoms with Crippen LogP contribution in [0, 0.1) is 5.92 Å². The van der Waals surface area contributed by atoms with Crippen LogP contribution in [0.1, 0.15) is 33.1 Å². The molecule has 1 aliphatic heterocycles. The van der Waals surface area contributed by atoms with Gasteiger partial charge in [0.05, 0.1) is 23.0 Å². The van der Waals surface area contributed by atoms with Gasteiger partial charge in [-0.3, -0.25) is 4.79 Å². The van der Waals surface area contributed by atoms with Gasteiger partial charge in [-0.05, 0) is 19.8 Å². The third-order valence-corrected chi connectivity index (χ3v) is 5.20. The van der Waals surface area contributed by atoms with Crippen LogP contribution in [0.25, 0.3) is 0 Å². The smallest absolute Gasteiger partial charge is 0.231 e. The predicted octanol–water partition coefficient (Wildman–Crippen LogP) is -0.157. The monoisotopic (exact) mass is 291 g/mol. The maximum Gasteiger partial charge on any atom is 0.231 e. The summed E-state index contributed by atoms with van der Waals surface area (Å²) < 4.78 is 22.9. The molecule has 0 radical (unpaired) electrons. The van der Waals surface area contributed by atoms with E-state index in [1.54, 1.807) is 6.92 Å². The maximum absolute atomic E-state index is 12.1. The van der Waals surface area contributed by atoms with Gasteiger partial charge in [-0.1, -0.05) is 18.5 Å². The summed E-state index contributed by atoms with van der Waals surface area (Å²) in [6.07, 6.45) is 1.53. The van der Waals surface area contributed by atoms with Gasteiger partial charge in [0.15, 0.2) is 15.7 Å². The molecule has 0 saturated carbocycles. The van der Waals surface area contributed by atoms with Crippen molar-refractivity contribution in [1.82, 2.24) is 5.32 Å². The number of nitrogens with one attached hydrogen (secondary N) is 1. The third kappa shape index (κ3) is 4.09. The maximum atomic E-state index is 12.1. The standard InChI is InChI=1S/C11H21N3O4S/c1-3-4-8(9(12)14-16)10(15)13-11(2)5-6-19(17,18)7-11/h8,16H,3-7H2,1-2H3,(H2,12,14)(H,13,15). The third-order valence-electron chi connectivity index (χ3n) is 3.29. The van der Waals surface area contributed by atoms with Gasteiger partial charge in [0.25, 0.3) is 0 Å². The molecule has 1 rings (SSSR count). The molecule has 0 aromatic heterocycles. The number of carbonyl (C=O) groups is 1. The van der Waals surface area contributed by atoms with E-state index in [4.69, 9.17) is 10.9 Å². The van der Waals surface area contributed by atoms with E-state index in [1.165, 1.54) is 0 Å². The van der Waals surface area contributed by atoms with Crippen molar-refractivity contribution in [2.45, 2.75) is 38.6 Å². The largest absolute Gasteiger partial charge is 0.409 e. The van der Waals surface area contributed by atoms with Gasteiger partial charge < -0.3 is 16.3 Å². The molecule has 1 amide bonds. The van der Waals surface area contributed by atoms with Gasteiger partial charge in [-0.25, -0.2) is 8.42 Å². The molecule has 0 aromatic carbocycles. The molecular weight excluding hydrogens is 270 g/mol. The van der Waals surface area contributed by atoms with E-state index in [0.29, 0.717) is 19.3 Å². The minimum Gasteiger partial charge on any atom is -0.409 e. The number of rotatable bonds is 5. The lowest BCUT2D eigenvalue weighted by Gasteiger charge is -2.26. The number of sulfone groups is 1. The Bertz CT molecular complexity index is 474. The Balaban J connectivity index is 2.78. The van der Waals surface area contributed by atoms with Crippen LogP contribution in [0.5, 0.6) is 0 Å². The first-order valence-corrected chi connectivity index (χ1v) is 8.05. The average Bonchev–Trinajstić information content (AvgIpc) is 2.59. The molecule has 0 aliphatic carbocycles. The van der Waals surface area contributed by atoms with E-state index >= 15 is 0 Å². The second-order valence-corrected chi connectivity index (χ2v) is 7.44. The summed E-state index contributed by atoms with van der Waals surface area (Å²) in [4.78, 5) is 12.1. The number of nitrogens with two attached hydrogens (primary N) is 1. The zero-order chi connectivity index (χ0) is 14.7. The molecule has 8 heteroatoms. The van der Waals surface area contributed by atoms with Crippen molar-refractivity contribution in [2.24, 2.45) is 16.8 Å². The zero-order valence-electron chi connectivity index (χ0n) is 11.2. The van der Waals surface area contributed by atoms with Crippen molar-refractivity contribution in [3.63, 3.8) is 0 Å². The van der Waals surface area contributed by atoms with Crippen LogP contribution >= 0.6 is 0 Å². The van der Waals surface area contributed by atoms with Gasteiger partial charge in [0.1, 0.15) is 0 Å². The molecule has 4 N–H and O–H groups in total. The highest BCUT2D eigenvalue weighted by molar-refractivity contribution is 7.91. The van der Waals surface area contributed by atoms with E-state index < -0.39 is 27.2 Å². The predicted molar refractivity (Wildman–Crippen MR) is 71.6 cm³/mol. The summed E-state index contributed by atoms with van der Waals surface area (Å²) >= 11 is 0. The molecular formula is C11H21N3O4S. The number of nitrogens with zero attached hydrogens (tertiary/aromatic N) is 1. The second kappa shape index (κ2) is 5.77. The summed E-state index contributed by atoms with van der Waals surface area (Å²) in [7, 11) is -3.09. The van der Waals surface area contributed by atoms with Gasteiger partial charge >= 0.3 is 0 Å². The zero-order valence-corrected chi connectivity index (χ0v) is 12.0. The van der Waals surface area contributed by atoms with Crippen LogP contribution in [-0.2, 0) is 14.6 Å². The molecule has 7 nitrogen and oxygen atoms in total. The van der Waals surface area contributed by atoms with Gasteiger partial charge in [-0.15, -0.1) is 0 Å². The van der Waals surface area contributed by atoms with Crippen molar-refractivity contribution in [3.05, 3.63) is 0 Å². The Morgan fingerprint density at radius 2 is 2.21 bits per heavy atom. The lowest BCUT2D eigenvalue weighted by atomic mass is 9.97. The Morgan fingerprint density at radius 1 is 1.58 bits per heavy atom. The summed E-state index contributed by atoms with van der Waals surface area (Å²) in [5.74, 6) is -1.26. The van der Waals surface area contributed by atoms with Crippen LogP contribution in [0.4, 0.5) is 0 Å². The summed E-state index contributed by atoms with van der Waals surface area (Å²) in [6, 6.07) is 0. The first kappa shape index (κ1) is 15.7. The molecule has 1 fully saturated rings. The van der Waals surface area contributed by atoms with Crippen LogP contribution in [0.2, 0.25) is 0 Å². The molecule has 0 bridgehead atoms. The van der Waals surface area contributed by atoms with Crippen LogP contribution < -0.4 is 11.1 Å². The Kier molecular flexibility index (Phi) is 4.78. The summed E-state index contributed by atoms with van der Waals surface area (Å²) in [5, 5.41) is 14.3. The topological polar surface area (TPSA) is 122 Å². The van der Waals surface area contributed by atoms with E-state index in [0.717, 1.165) is 0 Å². The molecule has 1 aliphatic rings. The molecule has 2 unspecified atom stereocenters. The SMILES string of the molecule is CCCC(C(=O)NC1(C)CCS(=O)(=O)C1)C(N)=NO. The first-order chi connectivity index (χ1) is 8.73. The minimum atomic E-state index is -3.09. The number of carbonyl (C=O) groups excluding carboxylic acids is 1. The van der Waals surface area contributed by atoms with Crippen molar-refractivity contribution < 1.29 is 18.4 Å². The number of hydrogen-bond donors (Lipinski definition) is 3. The molecule has 1 saturated heterocycles. The number of amidine groups is 1. The lowest BCUT2D eigenvalue weighted by Crippen LogP contribution is -2.51. The van der Waals surface area contributed by atoms with Crippen molar-refractivity contribution in [3.8, 4) is 0 Å². The first-order valence-electron chi connectivity index (χ1n) is 6.23. The van der Waals surface area contributed by atoms with E-state index in [1.807, 2.05) is 6.92 Å². The highest BCUT2D eigenvalue weighted by Crippen LogP contribution is 2.23. The Hall–Kier alpha value is -1.31. The van der Waals surface area contributed by atoms with E-state index in [9.17, 15) is 13.2 Å². The molecule has 19 heavy (non-hydrogen) atoms. The van der Waals surface area contributed by atoms with Crippen molar-refractivity contribution in [1.29, 1.82) is 0 Å². The molecule has 0 spiro atoms. The fourth-order valence-corrected chi connectivity index (χ4v) is 4.36. The molecule has 1 heterocycles. The van der Waals surface area contributed by atoms with Gasteiger partial charge in [0.2, 0.25) is 5.91 Å². The molecule has 0 aromatic rings. The van der Waals surface area contributed by atoms with Crippen LogP contribution in [-0.4, -0.2) is 42.4 Å². The number of oxime groups is 1. The number of hydrogen-bond acceptors (Lipinski definition) is 5. The fourth-order valence-electron chi connectivity index (χ4n) is 2.27. The van der Waals surface area contributed by atoms with Crippen molar-refractivity contribution >= 4 is 21.6 Å². The fraction of sp³-hybridized carbons (Fsp3) is 0.818. The minimum absolute atomic E-state index is 0.0687.